The van der Waals surface area contributed by atoms with E-state index in [4.69, 9.17) is 0 Å². The molecule has 1 unspecified atom stereocenters. The Hall–Kier alpha value is -0.830. The number of nitrogens with zero attached hydrogens (tertiary/aromatic N) is 2. The predicted octanol–water partition coefficient (Wildman–Crippen LogP) is 3.42. The van der Waals surface area contributed by atoms with Gasteiger partial charge in [-0.25, -0.2) is 0 Å². The minimum absolute atomic E-state index is 0.739. The van der Waals surface area contributed by atoms with Gasteiger partial charge in [-0.1, -0.05) is 27.2 Å². The lowest BCUT2D eigenvalue weighted by Crippen LogP contribution is -2.25. The van der Waals surface area contributed by atoms with E-state index >= 15 is 0 Å². The van der Waals surface area contributed by atoms with Crippen LogP contribution in [0.3, 0.4) is 0 Å². The Labute approximate surface area is 118 Å². The minimum Gasteiger partial charge on any atom is -0.316 e. The van der Waals surface area contributed by atoms with Crippen LogP contribution in [0.4, 0.5) is 0 Å². The van der Waals surface area contributed by atoms with Gasteiger partial charge in [0.15, 0.2) is 0 Å². The van der Waals surface area contributed by atoms with E-state index in [0.717, 1.165) is 38.4 Å². The van der Waals surface area contributed by atoms with Gasteiger partial charge in [0.1, 0.15) is 0 Å². The number of rotatable bonds is 10. The third-order valence-electron chi connectivity index (χ3n) is 3.63. The molecule has 0 saturated carbocycles. The van der Waals surface area contributed by atoms with Crippen molar-refractivity contribution in [3.05, 3.63) is 17.5 Å². The molecule has 0 aliphatic carbocycles. The lowest BCUT2D eigenvalue weighted by Gasteiger charge is -2.17. The molecule has 1 aromatic heterocycles. The molecular weight excluding hydrogens is 234 g/mol. The molecule has 1 rings (SSSR count). The smallest absolute Gasteiger partial charge is 0.0624 e. The Morgan fingerprint density at radius 3 is 2.58 bits per heavy atom. The van der Waals surface area contributed by atoms with Crippen molar-refractivity contribution in [3.8, 4) is 0 Å². The second-order valence-electron chi connectivity index (χ2n) is 5.36. The number of aryl methyl sites for hydroxylation is 2. The average molecular weight is 265 g/mol. The molecule has 19 heavy (non-hydrogen) atoms. The molecule has 1 N–H and O–H groups in total. The highest BCUT2D eigenvalue weighted by Crippen LogP contribution is 2.15. The van der Waals surface area contributed by atoms with Crippen molar-refractivity contribution in [2.45, 2.75) is 66.3 Å². The average Bonchev–Trinajstić information content (AvgIpc) is 2.81. The van der Waals surface area contributed by atoms with Crippen LogP contribution < -0.4 is 5.32 Å². The standard InChI is InChI=1S/C16H31N3/c1-5-9-14(13-17-10-6-2)11-16-12-15(7-3)18-19(16)8-4/h12,14,17H,5-11,13H2,1-4H3. The monoisotopic (exact) mass is 265 g/mol. The maximum Gasteiger partial charge on any atom is 0.0624 e. The molecule has 1 atom stereocenters. The summed E-state index contributed by atoms with van der Waals surface area (Å²) in [6.07, 6.45) is 5.97. The zero-order chi connectivity index (χ0) is 14.1. The Morgan fingerprint density at radius 2 is 2.00 bits per heavy atom. The molecular formula is C16H31N3. The first-order valence-electron chi connectivity index (χ1n) is 8.01. The van der Waals surface area contributed by atoms with Gasteiger partial charge in [0, 0.05) is 12.2 Å². The van der Waals surface area contributed by atoms with Gasteiger partial charge in [-0.05, 0) is 57.7 Å². The van der Waals surface area contributed by atoms with E-state index in [1.54, 1.807) is 0 Å². The van der Waals surface area contributed by atoms with E-state index in [9.17, 15) is 0 Å². The van der Waals surface area contributed by atoms with E-state index in [0.29, 0.717) is 0 Å². The van der Waals surface area contributed by atoms with Crippen molar-refractivity contribution in [3.63, 3.8) is 0 Å². The third kappa shape index (κ3) is 5.35. The van der Waals surface area contributed by atoms with Crippen molar-refractivity contribution in [2.75, 3.05) is 13.1 Å². The summed E-state index contributed by atoms with van der Waals surface area (Å²) >= 11 is 0. The zero-order valence-electron chi connectivity index (χ0n) is 13.2. The first kappa shape index (κ1) is 16.2. The second-order valence-corrected chi connectivity index (χ2v) is 5.36. The van der Waals surface area contributed by atoms with Crippen molar-refractivity contribution in [1.82, 2.24) is 15.1 Å². The van der Waals surface area contributed by atoms with Gasteiger partial charge in [0.25, 0.3) is 0 Å². The minimum atomic E-state index is 0.739. The maximum atomic E-state index is 4.65. The van der Waals surface area contributed by atoms with Crippen LogP contribution in [0.25, 0.3) is 0 Å². The predicted molar refractivity (Wildman–Crippen MR) is 82.5 cm³/mol. The molecule has 3 heteroatoms. The van der Waals surface area contributed by atoms with Crippen LogP contribution in [0, 0.1) is 5.92 Å². The fraction of sp³-hybridized carbons (Fsp3) is 0.812. The van der Waals surface area contributed by atoms with Gasteiger partial charge in [-0.2, -0.15) is 5.10 Å². The summed E-state index contributed by atoms with van der Waals surface area (Å²) in [5.74, 6) is 0.739. The van der Waals surface area contributed by atoms with Crippen LogP contribution in [0.2, 0.25) is 0 Å². The third-order valence-corrected chi connectivity index (χ3v) is 3.63. The largest absolute Gasteiger partial charge is 0.316 e. The fourth-order valence-corrected chi connectivity index (χ4v) is 2.59. The summed E-state index contributed by atoms with van der Waals surface area (Å²) in [5, 5.41) is 8.22. The lowest BCUT2D eigenvalue weighted by molar-refractivity contribution is 0.425. The van der Waals surface area contributed by atoms with Gasteiger partial charge in [-0.15, -0.1) is 0 Å². The van der Waals surface area contributed by atoms with Crippen LogP contribution in [-0.2, 0) is 19.4 Å². The number of aromatic nitrogens is 2. The SMILES string of the molecule is CCCNCC(CCC)Cc1cc(CC)nn1CC. The Bertz CT molecular complexity index is 344. The van der Waals surface area contributed by atoms with E-state index in [1.165, 1.54) is 30.7 Å². The van der Waals surface area contributed by atoms with Crippen molar-refractivity contribution >= 4 is 0 Å². The van der Waals surface area contributed by atoms with Gasteiger partial charge in [0.2, 0.25) is 0 Å². The van der Waals surface area contributed by atoms with Crippen LogP contribution in [0.15, 0.2) is 6.07 Å². The first-order valence-corrected chi connectivity index (χ1v) is 8.01. The molecule has 1 heterocycles. The van der Waals surface area contributed by atoms with E-state index < -0.39 is 0 Å². The highest BCUT2D eigenvalue weighted by molar-refractivity contribution is 5.11. The molecule has 1 aromatic rings. The van der Waals surface area contributed by atoms with Crippen LogP contribution >= 0.6 is 0 Å². The summed E-state index contributed by atoms with van der Waals surface area (Å²) in [4.78, 5) is 0. The van der Waals surface area contributed by atoms with E-state index in [1.807, 2.05) is 0 Å². The molecule has 0 bridgehead atoms. The van der Waals surface area contributed by atoms with Crippen molar-refractivity contribution < 1.29 is 0 Å². The second kappa shape index (κ2) is 9.13. The highest BCUT2D eigenvalue weighted by atomic mass is 15.3. The topological polar surface area (TPSA) is 29.9 Å². The summed E-state index contributed by atoms with van der Waals surface area (Å²) in [7, 11) is 0. The molecule has 0 aromatic carbocycles. The molecule has 0 amide bonds. The van der Waals surface area contributed by atoms with Crippen LogP contribution in [0.5, 0.6) is 0 Å². The van der Waals surface area contributed by atoms with Gasteiger partial charge >= 0.3 is 0 Å². The van der Waals surface area contributed by atoms with Crippen LogP contribution in [-0.4, -0.2) is 22.9 Å². The first-order chi connectivity index (χ1) is 9.24. The van der Waals surface area contributed by atoms with Gasteiger partial charge in [-0.3, -0.25) is 4.68 Å². The number of hydrogen-bond acceptors (Lipinski definition) is 2. The highest BCUT2D eigenvalue weighted by Gasteiger charge is 2.13. The van der Waals surface area contributed by atoms with Gasteiger partial charge in [0.05, 0.1) is 5.69 Å². The summed E-state index contributed by atoms with van der Waals surface area (Å²) < 4.78 is 2.18. The van der Waals surface area contributed by atoms with Crippen LogP contribution in [0.1, 0.15) is 58.3 Å². The summed E-state index contributed by atoms with van der Waals surface area (Å²) in [5.41, 5.74) is 2.64. The Balaban J connectivity index is 2.63. The Morgan fingerprint density at radius 1 is 1.21 bits per heavy atom. The maximum absolute atomic E-state index is 4.65. The summed E-state index contributed by atoms with van der Waals surface area (Å²) in [6.45, 7) is 12.1. The normalized spacial score (nSPS) is 12.8. The van der Waals surface area contributed by atoms with E-state index in [2.05, 4.69) is 48.9 Å². The number of hydrogen-bond donors (Lipinski definition) is 1. The van der Waals surface area contributed by atoms with Crippen molar-refractivity contribution in [2.24, 2.45) is 5.92 Å². The molecule has 0 spiro atoms. The molecule has 0 radical (unpaired) electrons. The molecule has 0 fully saturated rings. The fourth-order valence-electron chi connectivity index (χ4n) is 2.59. The molecule has 3 nitrogen and oxygen atoms in total. The van der Waals surface area contributed by atoms with Crippen molar-refractivity contribution in [1.29, 1.82) is 0 Å². The van der Waals surface area contributed by atoms with E-state index in [-0.39, 0.29) is 0 Å². The zero-order valence-corrected chi connectivity index (χ0v) is 13.2. The Kier molecular flexibility index (Phi) is 7.80. The van der Waals surface area contributed by atoms with Gasteiger partial charge < -0.3 is 5.32 Å². The lowest BCUT2D eigenvalue weighted by atomic mass is 9.97. The molecule has 0 aliphatic heterocycles. The molecule has 0 aliphatic rings. The molecule has 110 valence electrons. The summed E-state index contributed by atoms with van der Waals surface area (Å²) in [6, 6.07) is 2.30. The number of nitrogens with one attached hydrogen (secondary N) is 1. The quantitative estimate of drug-likeness (QED) is 0.657. The molecule has 0 saturated heterocycles.